The van der Waals surface area contributed by atoms with E-state index < -0.39 is 7.12 Å². The minimum atomic E-state index is -0.889. The highest BCUT2D eigenvalue weighted by Gasteiger charge is 2.30. The van der Waals surface area contributed by atoms with Gasteiger partial charge in [-0.1, -0.05) is 36.0 Å². The molecular formula is C29H32BN5O4S. The molecule has 0 atom stereocenters. The number of amides is 1. The molecule has 5 rings (SSSR count). The van der Waals surface area contributed by atoms with Crippen molar-refractivity contribution in [3.05, 3.63) is 77.4 Å². The third kappa shape index (κ3) is 6.44. The molecule has 4 N–H and O–H groups in total. The molecule has 0 spiro atoms. The van der Waals surface area contributed by atoms with E-state index in [1.807, 2.05) is 67.6 Å². The third-order valence-electron chi connectivity index (χ3n) is 6.27. The van der Waals surface area contributed by atoms with Crippen LogP contribution in [-0.2, 0) is 16.1 Å². The molecule has 3 aromatic rings. The summed E-state index contributed by atoms with van der Waals surface area (Å²) >= 11 is 1.58. The second kappa shape index (κ2) is 13.0. The average Bonchev–Trinajstić information content (AvgIpc) is 3.24. The topological polar surface area (TPSA) is 131 Å². The van der Waals surface area contributed by atoms with Crippen LogP contribution in [0.1, 0.15) is 37.5 Å². The second-order valence-electron chi connectivity index (χ2n) is 9.12. The molecule has 40 heavy (non-hydrogen) atoms. The predicted molar refractivity (Wildman–Crippen MR) is 161 cm³/mol. The maximum atomic E-state index is 10.2. The van der Waals surface area contributed by atoms with Crippen LogP contribution >= 0.6 is 11.8 Å². The highest BCUT2D eigenvalue weighted by molar-refractivity contribution is 7.99. The maximum absolute atomic E-state index is 10.2. The largest absolute Gasteiger partial charge is 0.497 e. The number of nitrogens with one attached hydrogen (secondary N) is 3. The number of nitrogens with zero attached hydrogens (tertiary/aromatic N) is 2. The van der Waals surface area contributed by atoms with Gasteiger partial charge in [0, 0.05) is 39.8 Å². The average molecular weight is 557 g/mol. The molecule has 2 aliphatic heterocycles. The summed E-state index contributed by atoms with van der Waals surface area (Å²) in [6.07, 6.45) is 0. The lowest BCUT2D eigenvalue weighted by molar-refractivity contribution is -0.118. The summed E-state index contributed by atoms with van der Waals surface area (Å²) in [7, 11) is 0.728. The third-order valence-corrected chi connectivity index (χ3v) is 7.36. The number of fused-ring (bicyclic) bond motifs is 2. The number of benzene rings is 3. The zero-order valence-electron chi connectivity index (χ0n) is 22.9. The molecule has 0 radical (unpaired) electrons. The zero-order valence-corrected chi connectivity index (χ0v) is 23.8. The van der Waals surface area contributed by atoms with Crippen molar-refractivity contribution in [2.24, 2.45) is 4.99 Å². The lowest BCUT2D eigenvalue weighted by Gasteiger charge is -2.24. The van der Waals surface area contributed by atoms with Crippen molar-refractivity contribution in [2.75, 3.05) is 25.1 Å². The number of hydrogen-bond acceptors (Lipinski definition) is 8. The van der Waals surface area contributed by atoms with Gasteiger partial charge in [0.1, 0.15) is 17.4 Å². The predicted octanol–water partition coefficient (Wildman–Crippen LogP) is 3.84. The molecule has 11 heteroatoms. The number of carbonyl (C=O) groups excluding carboxylic acids is 1. The van der Waals surface area contributed by atoms with Crippen LogP contribution in [-0.4, -0.2) is 55.6 Å². The number of anilines is 1. The minimum Gasteiger partial charge on any atom is -0.497 e. The molecule has 0 aliphatic carbocycles. The molecule has 2 heterocycles. The van der Waals surface area contributed by atoms with E-state index in [-0.39, 0.29) is 24.1 Å². The van der Waals surface area contributed by atoms with Gasteiger partial charge in [0.2, 0.25) is 5.91 Å². The van der Waals surface area contributed by atoms with E-state index in [1.54, 1.807) is 30.7 Å². The molecule has 0 saturated heterocycles. The minimum absolute atomic E-state index is 0.0394. The standard InChI is InChI=1S/C25H23BN4O3S.C4H9NO/c1-15(27)30-21-11-8-18(32-2)12-20(21)25(29-13-23(30)28)16-6-9-19(10-7-16)34-22-5-3-4-17-14-33-26(31)24(17)22;1-3-5-4(2)6/h3-12,27-28,31H,13-14H2,1-2H3;3H2,1-2H3,(H,5,6). The van der Waals surface area contributed by atoms with Crippen LogP contribution in [0.5, 0.6) is 5.75 Å². The number of amidine groups is 2. The SMILES string of the molecule is CCNC(C)=O.COc1ccc2c(c1)C(c1ccc(Sc3cccc4c3B(O)OC4)cc1)=NCC(=N)N2C(C)=N. The zero-order chi connectivity index (χ0) is 28.8. The van der Waals surface area contributed by atoms with Gasteiger partial charge in [-0.25, -0.2) is 0 Å². The molecule has 2 aliphatic rings. The first-order valence-corrected chi connectivity index (χ1v) is 13.6. The van der Waals surface area contributed by atoms with E-state index in [9.17, 15) is 9.82 Å². The molecule has 206 valence electrons. The van der Waals surface area contributed by atoms with Crippen LogP contribution in [0.4, 0.5) is 5.69 Å². The Morgan fingerprint density at radius 1 is 1.20 bits per heavy atom. The molecule has 1 amide bonds. The first-order valence-electron chi connectivity index (χ1n) is 12.8. The van der Waals surface area contributed by atoms with E-state index in [1.165, 1.54) is 6.92 Å². The monoisotopic (exact) mass is 557 g/mol. The fraction of sp³-hybridized carbons (Fsp3) is 0.241. The number of methoxy groups -OCH3 is 1. The van der Waals surface area contributed by atoms with Gasteiger partial charge in [-0.2, -0.15) is 0 Å². The van der Waals surface area contributed by atoms with E-state index in [4.69, 9.17) is 25.2 Å². The Bertz CT molecular complexity index is 1460. The highest BCUT2D eigenvalue weighted by Crippen LogP contribution is 2.33. The fourth-order valence-electron chi connectivity index (χ4n) is 4.51. The van der Waals surface area contributed by atoms with E-state index in [0.717, 1.165) is 49.9 Å². The molecule has 0 fully saturated rings. The van der Waals surface area contributed by atoms with Crippen molar-refractivity contribution in [3.8, 4) is 5.75 Å². The van der Waals surface area contributed by atoms with Crippen molar-refractivity contribution in [3.63, 3.8) is 0 Å². The lowest BCUT2D eigenvalue weighted by Crippen LogP contribution is -2.35. The lowest BCUT2D eigenvalue weighted by atomic mass is 9.79. The smallest absolute Gasteiger partial charge is 0.492 e. The fourth-order valence-corrected chi connectivity index (χ4v) is 5.52. The van der Waals surface area contributed by atoms with Gasteiger partial charge >= 0.3 is 7.12 Å². The Kier molecular flexibility index (Phi) is 9.41. The summed E-state index contributed by atoms with van der Waals surface area (Å²) in [4.78, 5) is 18.3. The van der Waals surface area contributed by atoms with Gasteiger partial charge in [0.15, 0.2) is 0 Å². The maximum Gasteiger partial charge on any atom is 0.492 e. The van der Waals surface area contributed by atoms with Gasteiger partial charge in [-0.3, -0.25) is 25.5 Å². The van der Waals surface area contributed by atoms with Crippen LogP contribution in [0.15, 0.2) is 75.4 Å². The summed E-state index contributed by atoms with van der Waals surface area (Å²) in [6.45, 7) is 6.39. The molecule has 0 aromatic heterocycles. The van der Waals surface area contributed by atoms with E-state index >= 15 is 0 Å². The molecule has 3 aromatic carbocycles. The quantitative estimate of drug-likeness (QED) is 0.214. The number of hydrogen-bond donors (Lipinski definition) is 4. The highest BCUT2D eigenvalue weighted by atomic mass is 32.2. The van der Waals surface area contributed by atoms with Crippen LogP contribution in [0, 0.1) is 10.8 Å². The van der Waals surface area contributed by atoms with Crippen LogP contribution < -0.4 is 20.4 Å². The van der Waals surface area contributed by atoms with Crippen LogP contribution in [0.25, 0.3) is 0 Å². The number of carbonyl (C=O) groups is 1. The molecule has 0 bridgehead atoms. The molecule has 9 nitrogen and oxygen atoms in total. The number of benzodiazepines with no additional fused rings is 1. The Morgan fingerprint density at radius 3 is 2.58 bits per heavy atom. The van der Waals surface area contributed by atoms with Gasteiger partial charge < -0.3 is 19.7 Å². The van der Waals surface area contributed by atoms with Crippen molar-refractivity contribution in [1.29, 1.82) is 10.8 Å². The summed E-state index contributed by atoms with van der Waals surface area (Å²) in [5.41, 5.74) is 5.07. The number of rotatable bonds is 5. The Morgan fingerprint density at radius 2 is 1.95 bits per heavy atom. The van der Waals surface area contributed by atoms with Gasteiger partial charge in [0.05, 0.1) is 31.7 Å². The van der Waals surface area contributed by atoms with Crippen molar-refractivity contribution in [1.82, 2.24) is 5.32 Å². The molecular weight excluding hydrogens is 525 g/mol. The summed E-state index contributed by atoms with van der Waals surface area (Å²) in [5.74, 6) is 1.24. The summed E-state index contributed by atoms with van der Waals surface area (Å²) in [6, 6.07) is 19.6. The van der Waals surface area contributed by atoms with E-state index in [2.05, 4.69) is 5.32 Å². The number of aliphatic imine (C=N–C) groups is 1. The van der Waals surface area contributed by atoms with Crippen LogP contribution in [0.2, 0.25) is 0 Å². The Balaban J connectivity index is 0.000000557. The van der Waals surface area contributed by atoms with Gasteiger partial charge in [-0.15, -0.1) is 0 Å². The normalized spacial score (nSPS) is 13.8. The summed E-state index contributed by atoms with van der Waals surface area (Å²) < 4.78 is 10.8. The van der Waals surface area contributed by atoms with Crippen LogP contribution in [0.3, 0.4) is 0 Å². The summed E-state index contributed by atoms with van der Waals surface area (Å²) in [5, 5.41) is 29.4. The van der Waals surface area contributed by atoms with Gasteiger partial charge in [-0.05, 0) is 55.8 Å². The first-order chi connectivity index (χ1) is 19.2. The van der Waals surface area contributed by atoms with E-state index in [0.29, 0.717) is 12.4 Å². The van der Waals surface area contributed by atoms with Crippen molar-refractivity contribution >= 4 is 53.3 Å². The second-order valence-corrected chi connectivity index (χ2v) is 10.2. The molecule has 0 saturated carbocycles. The number of ether oxygens (including phenoxy) is 1. The Labute approximate surface area is 238 Å². The first kappa shape index (κ1) is 29.1. The van der Waals surface area contributed by atoms with Crippen molar-refractivity contribution < 1.29 is 19.2 Å². The van der Waals surface area contributed by atoms with Crippen molar-refractivity contribution in [2.45, 2.75) is 37.2 Å². The molecule has 0 unspecified atom stereocenters. The van der Waals surface area contributed by atoms with Gasteiger partial charge in [0.25, 0.3) is 0 Å². The Hall–Kier alpha value is -3.93.